The first-order chi connectivity index (χ1) is 12.8. The van der Waals surface area contributed by atoms with E-state index in [2.05, 4.69) is 35.2 Å². The van der Waals surface area contributed by atoms with E-state index in [4.69, 9.17) is 0 Å². The zero-order valence-electron chi connectivity index (χ0n) is 15.4. The quantitative estimate of drug-likeness (QED) is 0.771. The van der Waals surface area contributed by atoms with Crippen LogP contribution in [0.15, 0.2) is 48.5 Å². The molecule has 1 heterocycles. The summed E-state index contributed by atoms with van der Waals surface area (Å²) >= 11 is 0. The summed E-state index contributed by atoms with van der Waals surface area (Å²) in [6, 6.07) is 15.3. The zero-order chi connectivity index (χ0) is 17.8. The highest BCUT2D eigenvalue weighted by Crippen LogP contribution is 2.24. The van der Waals surface area contributed by atoms with Crippen molar-refractivity contribution in [1.29, 1.82) is 0 Å². The molecular weight excluding hydrogens is 320 g/mol. The average Bonchev–Trinajstić information content (AvgIpc) is 2.73. The first kappa shape index (κ1) is 17.3. The molecule has 26 heavy (non-hydrogen) atoms. The Morgan fingerprint density at radius 1 is 0.885 bits per heavy atom. The van der Waals surface area contributed by atoms with Gasteiger partial charge in [-0.25, -0.2) is 0 Å². The number of benzene rings is 2. The molecule has 0 spiro atoms. The second-order valence-electron chi connectivity index (χ2n) is 7.55. The lowest BCUT2D eigenvalue weighted by Gasteiger charge is -2.40. The molecule has 136 valence electrons. The van der Waals surface area contributed by atoms with Crippen molar-refractivity contribution in [2.45, 2.75) is 38.1 Å². The number of hydrogen-bond donors (Lipinski definition) is 0. The van der Waals surface area contributed by atoms with E-state index in [1.54, 1.807) is 6.08 Å². The van der Waals surface area contributed by atoms with Crippen molar-refractivity contribution in [1.82, 2.24) is 9.80 Å². The van der Waals surface area contributed by atoms with E-state index >= 15 is 0 Å². The van der Waals surface area contributed by atoms with Crippen molar-refractivity contribution in [3.8, 4) is 0 Å². The van der Waals surface area contributed by atoms with E-state index in [1.165, 1.54) is 42.9 Å². The molecule has 2 aliphatic rings. The van der Waals surface area contributed by atoms with Gasteiger partial charge >= 0.3 is 0 Å². The molecule has 0 atom stereocenters. The van der Waals surface area contributed by atoms with Crippen molar-refractivity contribution in [3.63, 3.8) is 0 Å². The summed E-state index contributed by atoms with van der Waals surface area (Å²) in [5.74, 6) is 0.140. The van der Waals surface area contributed by atoms with Gasteiger partial charge in [-0.15, -0.1) is 0 Å². The molecule has 1 amide bonds. The molecule has 0 N–H and O–H groups in total. The second-order valence-corrected chi connectivity index (χ2v) is 7.55. The first-order valence-electron chi connectivity index (χ1n) is 10.00. The van der Waals surface area contributed by atoms with Crippen molar-refractivity contribution >= 4 is 22.8 Å². The van der Waals surface area contributed by atoms with E-state index in [0.717, 1.165) is 37.8 Å². The van der Waals surface area contributed by atoms with Crippen molar-refractivity contribution < 1.29 is 4.79 Å². The maximum Gasteiger partial charge on any atom is 0.246 e. The van der Waals surface area contributed by atoms with Gasteiger partial charge in [0.15, 0.2) is 0 Å². The highest BCUT2D eigenvalue weighted by molar-refractivity contribution is 5.96. The number of carbonyl (C=O) groups is 1. The molecule has 0 aromatic heterocycles. The Bertz CT molecular complexity index is 778. The Kier molecular flexibility index (Phi) is 5.35. The number of fused-ring (bicyclic) bond motifs is 1. The smallest absolute Gasteiger partial charge is 0.246 e. The predicted octanol–water partition coefficient (Wildman–Crippen LogP) is 4.33. The molecule has 2 aromatic rings. The SMILES string of the molecule is O=C(C=Cc1cccc2ccccc12)N1CCN(C2CCCCC2)CC1. The van der Waals surface area contributed by atoms with E-state index in [-0.39, 0.29) is 5.91 Å². The number of amides is 1. The highest BCUT2D eigenvalue weighted by atomic mass is 16.2. The fraction of sp³-hybridized carbons (Fsp3) is 0.435. The minimum absolute atomic E-state index is 0.140. The van der Waals surface area contributed by atoms with Gasteiger partial charge in [0.05, 0.1) is 0 Å². The Balaban J connectivity index is 1.37. The molecular formula is C23H28N2O. The summed E-state index contributed by atoms with van der Waals surface area (Å²) in [5, 5.41) is 2.41. The van der Waals surface area contributed by atoms with Crippen molar-refractivity contribution in [2.75, 3.05) is 26.2 Å². The molecule has 3 heteroatoms. The minimum Gasteiger partial charge on any atom is -0.337 e. The summed E-state index contributed by atoms with van der Waals surface area (Å²) in [7, 11) is 0. The lowest BCUT2D eigenvalue weighted by molar-refractivity contribution is -0.128. The summed E-state index contributed by atoms with van der Waals surface area (Å²) < 4.78 is 0. The third-order valence-electron chi connectivity index (χ3n) is 5.95. The number of nitrogens with zero attached hydrogens (tertiary/aromatic N) is 2. The zero-order valence-corrected chi connectivity index (χ0v) is 15.4. The van der Waals surface area contributed by atoms with Crippen LogP contribution >= 0.6 is 0 Å². The van der Waals surface area contributed by atoms with Gasteiger partial charge in [-0.05, 0) is 35.3 Å². The maximum absolute atomic E-state index is 12.6. The monoisotopic (exact) mass is 348 g/mol. The largest absolute Gasteiger partial charge is 0.337 e. The molecule has 1 aliphatic heterocycles. The van der Waals surface area contributed by atoms with Gasteiger partial charge in [-0.1, -0.05) is 61.7 Å². The molecule has 1 aliphatic carbocycles. The molecule has 4 rings (SSSR count). The number of hydrogen-bond acceptors (Lipinski definition) is 2. The van der Waals surface area contributed by atoms with Crippen molar-refractivity contribution in [2.24, 2.45) is 0 Å². The van der Waals surface area contributed by atoms with Gasteiger partial charge in [0.2, 0.25) is 5.91 Å². The molecule has 0 unspecified atom stereocenters. The van der Waals surface area contributed by atoms with Crippen LogP contribution in [0.1, 0.15) is 37.7 Å². The van der Waals surface area contributed by atoms with Crippen molar-refractivity contribution in [3.05, 3.63) is 54.1 Å². The summed E-state index contributed by atoms with van der Waals surface area (Å²) in [4.78, 5) is 17.2. The Labute approximate surface area is 156 Å². The number of piperazine rings is 1. The van der Waals surface area contributed by atoms with E-state index in [1.807, 2.05) is 23.1 Å². The third kappa shape index (κ3) is 3.83. The van der Waals surface area contributed by atoms with Gasteiger partial charge in [-0.3, -0.25) is 9.69 Å². The van der Waals surface area contributed by atoms with Gasteiger partial charge in [-0.2, -0.15) is 0 Å². The lowest BCUT2D eigenvalue weighted by Crippen LogP contribution is -2.52. The van der Waals surface area contributed by atoms with Gasteiger partial charge < -0.3 is 4.90 Å². The minimum atomic E-state index is 0.140. The third-order valence-corrected chi connectivity index (χ3v) is 5.95. The molecule has 0 radical (unpaired) electrons. The Hall–Kier alpha value is -2.13. The normalized spacial score (nSPS) is 20.1. The van der Waals surface area contributed by atoms with Gasteiger partial charge in [0.25, 0.3) is 0 Å². The molecule has 1 saturated carbocycles. The van der Waals surface area contributed by atoms with Crippen LogP contribution in [0.25, 0.3) is 16.8 Å². The number of carbonyl (C=O) groups excluding carboxylic acids is 1. The second kappa shape index (κ2) is 8.05. The average molecular weight is 348 g/mol. The molecule has 1 saturated heterocycles. The topological polar surface area (TPSA) is 23.6 Å². The van der Waals surface area contributed by atoms with E-state index in [0.29, 0.717) is 0 Å². The molecule has 2 aromatic carbocycles. The molecule has 0 bridgehead atoms. The standard InChI is InChI=1S/C23H28N2O/c26-23(14-13-20-9-6-8-19-7-4-5-12-22(19)20)25-17-15-24(16-18-25)21-10-2-1-3-11-21/h4-9,12-14,21H,1-3,10-11,15-18H2. The van der Waals surface area contributed by atoms with Crippen LogP contribution < -0.4 is 0 Å². The van der Waals surface area contributed by atoms with Crippen LogP contribution in [0.4, 0.5) is 0 Å². The predicted molar refractivity (Wildman–Crippen MR) is 108 cm³/mol. The first-order valence-corrected chi connectivity index (χ1v) is 10.00. The van der Waals surface area contributed by atoms with Crippen LogP contribution in [0.5, 0.6) is 0 Å². The fourth-order valence-corrected chi connectivity index (χ4v) is 4.42. The van der Waals surface area contributed by atoms with Crippen LogP contribution in [-0.2, 0) is 4.79 Å². The Morgan fingerprint density at radius 3 is 2.42 bits per heavy atom. The van der Waals surface area contributed by atoms with Crippen LogP contribution in [0.2, 0.25) is 0 Å². The fourth-order valence-electron chi connectivity index (χ4n) is 4.42. The molecule has 3 nitrogen and oxygen atoms in total. The summed E-state index contributed by atoms with van der Waals surface area (Å²) in [6.07, 6.45) is 10.5. The summed E-state index contributed by atoms with van der Waals surface area (Å²) in [6.45, 7) is 3.77. The van der Waals surface area contributed by atoms with Crippen LogP contribution in [-0.4, -0.2) is 47.9 Å². The molecule has 2 fully saturated rings. The van der Waals surface area contributed by atoms with Crippen LogP contribution in [0, 0.1) is 0 Å². The Morgan fingerprint density at radius 2 is 1.62 bits per heavy atom. The summed E-state index contributed by atoms with van der Waals surface area (Å²) in [5.41, 5.74) is 1.11. The maximum atomic E-state index is 12.6. The highest BCUT2D eigenvalue weighted by Gasteiger charge is 2.26. The van der Waals surface area contributed by atoms with Crippen LogP contribution in [0.3, 0.4) is 0 Å². The van der Waals surface area contributed by atoms with E-state index in [9.17, 15) is 4.79 Å². The number of rotatable bonds is 3. The van der Waals surface area contributed by atoms with Gasteiger partial charge in [0.1, 0.15) is 0 Å². The lowest BCUT2D eigenvalue weighted by atomic mass is 9.94. The van der Waals surface area contributed by atoms with E-state index < -0.39 is 0 Å². The van der Waals surface area contributed by atoms with Gasteiger partial charge in [0, 0.05) is 38.3 Å².